The molecule has 7 heteroatoms. The third kappa shape index (κ3) is 5.10. The number of aryl methyl sites for hydroxylation is 1. The van der Waals surface area contributed by atoms with E-state index in [9.17, 15) is 18.0 Å². The lowest BCUT2D eigenvalue weighted by atomic mass is 9.82. The molecule has 1 amide bonds. The number of morpholine rings is 1. The minimum atomic E-state index is -4.37. The van der Waals surface area contributed by atoms with Crippen molar-refractivity contribution in [1.82, 2.24) is 10.2 Å². The first-order valence-corrected chi connectivity index (χ1v) is 10.8. The predicted molar refractivity (Wildman–Crippen MR) is 112 cm³/mol. The zero-order chi connectivity index (χ0) is 21.8. The molecule has 2 unspecified atom stereocenters. The Bertz CT molecular complexity index is 892. The number of carbonyl (C=O) groups excluding carboxylic acids is 1. The molecular weight excluding hydrogens is 405 g/mol. The number of rotatable bonds is 5. The van der Waals surface area contributed by atoms with Crippen LogP contribution in [0, 0.1) is 0 Å². The summed E-state index contributed by atoms with van der Waals surface area (Å²) in [4.78, 5) is 15.2. The molecule has 1 N–H and O–H groups in total. The number of nitrogens with zero attached hydrogens (tertiary/aromatic N) is 1. The number of nitrogens with one attached hydrogen (secondary N) is 1. The fourth-order valence-corrected chi connectivity index (χ4v) is 4.59. The number of fused-ring (bicyclic) bond motifs is 1. The van der Waals surface area contributed by atoms with Crippen molar-refractivity contribution >= 4 is 5.91 Å². The van der Waals surface area contributed by atoms with Gasteiger partial charge in [0.1, 0.15) is 0 Å². The van der Waals surface area contributed by atoms with Crippen LogP contribution in [0.15, 0.2) is 48.5 Å². The maximum absolute atomic E-state index is 13.1. The smallest absolute Gasteiger partial charge is 0.379 e. The lowest BCUT2D eigenvalue weighted by Crippen LogP contribution is -2.44. The van der Waals surface area contributed by atoms with Gasteiger partial charge in [-0.05, 0) is 48.1 Å². The molecule has 1 fully saturated rings. The van der Waals surface area contributed by atoms with Gasteiger partial charge >= 0.3 is 6.18 Å². The zero-order valence-electron chi connectivity index (χ0n) is 17.3. The van der Waals surface area contributed by atoms with E-state index in [1.165, 1.54) is 17.7 Å². The van der Waals surface area contributed by atoms with Gasteiger partial charge in [-0.25, -0.2) is 0 Å². The molecule has 1 saturated heterocycles. The molecule has 1 aliphatic heterocycles. The Morgan fingerprint density at radius 3 is 2.52 bits per heavy atom. The van der Waals surface area contributed by atoms with Gasteiger partial charge in [0.15, 0.2) is 0 Å². The summed E-state index contributed by atoms with van der Waals surface area (Å²) in [6.45, 7) is 2.84. The fourth-order valence-electron chi connectivity index (χ4n) is 4.59. The summed E-state index contributed by atoms with van der Waals surface area (Å²) >= 11 is 0. The Labute approximate surface area is 180 Å². The molecule has 2 aromatic carbocycles. The molecule has 0 aromatic heterocycles. The second-order valence-electron chi connectivity index (χ2n) is 8.17. The van der Waals surface area contributed by atoms with Gasteiger partial charge in [0.05, 0.1) is 30.7 Å². The van der Waals surface area contributed by atoms with Crippen molar-refractivity contribution in [2.45, 2.75) is 37.4 Å². The van der Waals surface area contributed by atoms with E-state index in [0.717, 1.165) is 42.5 Å². The number of alkyl halides is 3. The Morgan fingerprint density at radius 1 is 1.10 bits per heavy atom. The first kappa shape index (κ1) is 21.8. The molecule has 1 heterocycles. The molecular formula is C24H27F3N2O2. The van der Waals surface area contributed by atoms with Crippen LogP contribution in [-0.4, -0.2) is 43.7 Å². The number of hydrogen-bond donors (Lipinski definition) is 1. The van der Waals surface area contributed by atoms with E-state index in [1.807, 2.05) is 18.2 Å². The van der Waals surface area contributed by atoms with Crippen molar-refractivity contribution in [3.63, 3.8) is 0 Å². The van der Waals surface area contributed by atoms with Crippen LogP contribution < -0.4 is 5.32 Å². The molecule has 2 aliphatic rings. The van der Waals surface area contributed by atoms with Crippen molar-refractivity contribution in [3.05, 3.63) is 70.8 Å². The van der Waals surface area contributed by atoms with Gasteiger partial charge in [-0.2, -0.15) is 13.2 Å². The molecule has 1 aliphatic carbocycles. The van der Waals surface area contributed by atoms with E-state index in [0.29, 0.717) is 32.8 Å². The lowest BCUT2D eigenvalue weighted by molar-refractivity contribution is -0.137. The van der Waals surface area contributed by atoms with Crippen LogP contribution in [-0.2, 0) is 22.1 Å². The highest BCUT2D eigenvalue weighted by atomic mass is 19.4. The van der Waals surface area contributed by atoms with Gasteiger partial charge in [0, 0.05) is 19.6 Å². The highest BCUT2D eigenvalue weighted by Gasteiger charge is 2.32. The fraction of sp³-hybridized carbons (Fsp3) is 0.458. The molecule has 4 nitrogen and oxygen atoms in total. The maximum atomic E-state index is 13.1. The maximum Gasteiger partial charge on any atom is 0.416 e. The second-order valence-corrected chi connectivity index (χ2v) is 8.17. The third-order valence-electron chi connectivity index (χ3n) is 6.26. The van der Waals surface area contributed by atoms with Crippen LogP contribution in [0.5, 0.6) is 0 Å². The van der Waals surface area contributed by atoms with E-state index >= 15 is 0 Å². The Morgan fingerprint density at radius 2 is 1.81 bits per heavy atom. The van der Waals surface area contributed by atoms with Crippen molar-refractivity contribution in [1.29, 1.82) is 0 Å². The number of benzene rings is 2. The van der Waals surface area contributed by atoms with Crippen molar-refractivity contribution in [3.8, 4) is 0 Å². The number of hydrogen-bond acceptors (Lipinski definition) is 3. The highest BCUT2D eigenvalue weighted by Crippen LogP contribution is 2.33. The zero-order valence-corrected chi connectivity index (χ0v) is 17.3. The molecule has 0 radical (unpaired) electrons. The van der Waals surface area contributed by atoms with Crippen molar-refractivity contribution in [2.24, 2.45) is 0 Å². The van der Waals surface area contributed by atoms with Crippen LogP contribution in [0.4, 0.5) is 13.2 Å². The SMILES string of the molecule is O=C(NCC(c1ccc(C(F)(F)F)cc1)N1CCOCC1)C1CCCc2ccccc21. The summed E-state index contributed by atoms with van der Waals surface area (Å²) in [5.74, 6) is -0.194. The van der Waals surface area contributed by atoms with Crippen molar-refractivity contribution in [2.75, 3.05) is 32.8 Å². The summed E-state index contributed by atoms with van der Waals surface area (Å²) in [5, 5.41) is 3.09. The highest BCUT2D eigenvalue weighted by molar-refractivity contribution is 5.84. The average Bonchev–Trinajstić information content (AvgIpc) is 2.79. The number of amides is 1. The van der Waals surface area contributed by atoms with Gasteiger partial charge in [0.2, 0.25) is 5.91 Å². The van der Waals surface area contributed by atoms with E-state index in [2.05, 4.69) is 16.3 Å². The molecule has 2 aromatic rings. The van der Waals surface area contributed by atoms with E-state index < -0.39 is 11.7 Å². The summed E-state index contributed by atoms with van der Waals surface area (Å²) in [5.41, 5.74) is 2.41. The summed E-state index contributed by atoms with van der Waals surface area (Å²) in [6.07, 6.45) is -1.59. The second kappa shape index (κ2) is 9.40. The van der Waals surface area contributed by atoms with Crippen molar-refractivity contribution < 1.29 is 22.7 Å². The van der Waals surface area contributed by atoms with Crippen LogP contribution in [0.3, 0.4) is 0 Å². The molecule has 4 rings (SSSR count). The first-order valence-electron chi connectivity index (χ1n) is 10.8. The Kier molecular flexibility index (Phi) is 6.62. The Balaban J connectivity index is 1.50. The van der Waals surface area contributed by atoms with Crippen LogP contribution in [0.1, 0.15) is 47.1 Å². The van der Waals surface area contributed by atoms with Gasteiger partial charge in [-0.1, -0.05) is 36.4 Å². The monoisotopic (exact) mass is 432 g/mol. The molecule has 0 saturated carbocycles. The predicted octanol–water partition coefficient (Wildman–Crippen LogP) is 4.32. The molecule has 0 spiro atoms. The average molecular weight is 432 g/mol. The lowest BCUT2D eigenvalue weighted by Gasteiger charge is -2.35. The van der Waals surface area contributed by atoms with Crippen LogP contribution >= 0.6 is 0 Å². The van der Waals surface area contributed by atoms with Gasteiger partial charge < -0.3 is 10.1 Å². The quantitative estimate of drug-likeness (QED) is 0.766. The van der Waals surface area contributed by atoms with E-state index in [-0.39, 0.29) is 17.9 Å². The molecule has 2 atom stereocenters. The van der Waals surface area contributed by atoms with Gasteiger partial charge in [0.25, 0.3) is 0 Å². The summed E-state index contributed by atoms with van der Waals surface area (Å²) in [7, 11) is 0. The Hall–Kier alpha value is -2.38. The topological polar surface area (TPSA) is 41.6 Å². The normalized spacial score (nSPS) is 20.7. The van der Waals surface area contributed by atoms with Crippen LogP contribution in [0.25, 0.3) is 0 Å². The number of halogens is 3. The number of ether oxygens (including phenoxy) is 1. The third-order valence-corrected chi connectivity index (χ3v) is 6.26. The molecule has 166 valence electrons. The minimum Gasteiger partial charge on any atom is -0.379 e. The molecule has 0 bridgehead atoms. The van der Waals surface area contributed by atoms with E-state index in [4.69, 9.17) is 4.74 Å². The van der Waals surface area contributed by atoms with Gasteiger partial charge in [-0.3, -0.25) is 9.69 Å². The largest absolute Gasteiger partial charge is 0.416 e. The van der Waals surface area contributed by atoms with Crippen LogP contribution in [0.2, 0.25) is 0 Å². The standard InChI is InChI=1S/C24H27F3N2O2/c25-24(26,27)19-10-8-18(9-11-19)22(29-12-14-31-15-13-29)16-28-23(30)21-7-3-5-17-4-1-2-6-20(17)21/h1-2,4,6,8-11,21-22H,3,5,7,12-16H2,(H,28,30). The van der Waals surface area contributed by atoms with E-state index in [1.54, 1.807) is 0 Å². The summed E-state index contributed by atoms with van der Waals surface area (Å²) in [6, 6.07) is 13.1. The first-order chi connectivity index (χ1) is 14.9. The minimum absolute atomic E-state index is 0.0164. The van der Waals surface area contributed by atoms with Gasteiger partial charge in [-0.15, -0.1) is 0 Å². The summed E-state index contributed by atoms with van der Waals surface area (Å²) < 4.78 is 44.3. The molecule has 31 heavy (non-hydrogen) atoms. The number of carbonyl (C=O) groups is 1.